The molecule has 4 heteroatoms. The van der Waals surface area contributed by atoms with Crippen LogP contribution in [-0.2, 0) is 12.8 Å². The van der Waals surface area contributed by atoms with Gasteiger partial charge in [-0.1, -0.05) is 0 Å². The van der Waals surface area contributed by atoms with Crippen LogP contribution < -0.4 is 5.32 Å². The second-order valence-corrected chi connectivity index (χ2v) is 4.53. The Hall–Kier alpha value is -1.81. The number of aromatic nitrogens is 1. The average molecular weight is 262 g/mol. The molecule has 0 aliphatic rings. The molecule has 1 unspecified atom stereocenters. The van der Waals surface area contributed by atoms with E-state index < -0.39 is 11.6 Å². The average Bonchev–Trinajstić information content (AvgIpc) is 2.38. The van der Waals surface area contributed by atoms with Gasteiger partial charge in [0.25, 0.3) is 0 Å². The van der Waals surface area contributed by atoms with Crippen LogP contribution in [0.4, 0.5) is 8.78 Å². The molecule has 0 radical (unpaired) electrons. The number of benzene rings is 1. The van der Waals surface area contributed by atoms with E-state index in [4.69, 9.17) is 0 Å². The molecule has 100 valence electrons. The minimum absolute atomic E-state index is 0.128. The monoisotopic (exact) mass is 262 g/mol. The fourth-order valence-electron chi connectivity index (χ4n) is 2.09. The first-order valence-corrected chi connectivity index (χ1v) is 6.18. The lowest BCUT2D eigenvalue weighted by molar-refractivity contribution is 0.543. The summed E-state index contributed by atoms with van der Waals surface area (Å²) in [6.07, 6.45) is 4.85. The maximum Gasteiger partial charge on any atom is 0.126 e. The number of hydrogen-bond donors (Lipinski definition) is 1. The molecule has 19 heavy (non-hydrogen) atoms. The molecule has 0 spiro atoms. The van der Waals surface area contributed by atoms with E-state index in [9.17, 15) is 8.78 Å². The molecule has 0 aliphatic carbocycles. The Bertz CT molecular complexity index is 509. The lowest BCUT2D eigenvalue weighted by Crippen LogP contribution is -2.30. The van der Waals surface area contributed by atoms with Gasteiger partial charge >= 0.3 is 0 Å². The lowest BCUT2D eigenvalue weighted by atomic mass is 9.99. The van der Waals surface area contributed by atoms with E-state index in [1.807, 2.05) is 19.2 Å². The van der Waals surface area contributed by atoms with Crippen molar-refractivity contribution >= 4 is 0 Å². The Balaban J connectivity index is 2.06. The summed E-state index contributed by atoms with van der Waals surface area (Å²) in [5.74, 6) is -1.07. The van der Waals surface area contributed by atoms with Crippen LogP contribution >= 0.6 is 0 Å². The van der Waals surface area contributed by atoms with E-state index in [1.54, 1.807) is 12.4 Å². The third kappa shape index (κ3) is 4.10. The quantitative estimate of drug-likeness (QED) is 0.896. The van der Waals surface area contributed by atoms with Gasteiger partial charge < -0.3 is 5.32 Å². The molecule has 0 saturated carbocycles. The van der Waals surface area contributed by atoms with Gasteiger partial charge in [0.15, 0.2) is 0 Å². The van der Waals surface area contributed by atoms with Crippen molar-refractivity contribution in [3.8, 4) is 0 Å². The molecular weight excluding hydrogens is 246 g/mol. The van der Waals surface area contributed by atoms with Gasteiger partial charge in [0.05, 0.1) is 0 Å². The molecule has 0 fully saturated rings. The number of halogens is 2. The number of pyridine rings is 1. The summed E-state index contributed by atoms with van der Waals surface area (Å²) < 4.78 is 26.3. The summed E-state index contributed by atoms with van der Waals surface area (Å²) in [6, 6.07) is 7.65. The minimum Gasteiger partial charge on any atom is -0.316 e. The highest BCUT2D eigenvalue weighted by molar-refractivity contribution is 5.20. The van der Waals surface area contributed by atoms with Gasteiger partial charge in [0, 0.05) is 24.5 Å². The fourth-order valence-corrected chi connectivity index (χ4v) is 2.09. The van der Waals surface area contributed by atoms with Crippen molar-refractivity contribution < 1.29 is 8.78 Å². The van der Waals surface area contributed by atoms with E-state index in [1.165, 1.54) is 12.1 Å². The number of hydrogen-bond acceptors (Lipinski definition) is 2. The summed E-state index contributed by atoms with van der Waals surface area (Å²) >= 11 is 0. The summed E-state index contributed by atoms with van der Waals surface area (Å²) in [7, 11) is 1.85. The number of rotatable bonds is 5. The van der Waals surface area contributed by atoms with Gasteiger partial charge in [-0.25, -0.2) is 8.78 Å². The van der Waals surface area contributed by atoms with Crippen molar-refractivity contribution in [2.75, 3.05) is 7.05 Å². The molecule has 0 saturated heterocycles. The minimum atomic E-state index is -0.534. The first kappa shape index (κ1) is 13.6. The van der Waals surface area contributed by atoms with E-state index in [0.717, 1.165) is 18.1 Å². The zero-order valence-corrected chi connectivity index (χ0v) is 10.7. The largest absolute Gasteiger partial charge is 0.316 e. The SMILES string of the molecule is CNC(Cc1ccncc1)Cc1cc(F)cc(F)c1. The second kappa shape index (κ2) is 6.38. The predicted octanol–water partition coefficient (Wildman–Crippen LogP) is 2.73. The van der Waals surface area contributed by atoms with Crippen LogP contribution in [0.1, 0.15) is 11.1 Å². The summed E-state index contributed by atoms with van der Waals surface area (Å²) in [5, 5.41) is 3.17. The Labute approximate surface area is 111 Å². The third-order valence-electron chi connectivity index (χ3n) is 3.04. The van der Waals surface area contributed by atoms with Gasteiger partial charge in [-0.3, -0.25) is 4.98 Å². The van der Waals surface area contributed by atoms with Gasteiger partial charge in [0.1, 0.15) is 11.6 Å². The molecule has 1 aromatic carbocycles. The molecule has 1 aromatic heterocycles. The second-order valence-electron chi connectivity index (χ2n) is 4.53. The van der Waals surface area contributed by atoms with E-state index in [-0.39, 0.29) is 6.04 Å². The van der Waals surface area contributed by atoms with Crippen molar-refractivity contribution in [2.24, 2.45) is 0 Å². The maximum atomic E-state index is 13.1. The predicted molar refractivity (Wildman–Crippen MR) is 70.9 cm³/mol. The molecule has 1 heterocycles. The Morgan fingerprint density at radius 2 is 1.58 bits per heavy atom. The molecular formula is C15H16F2N2. The van der Waals surface area contributed by atoms with Gasteiger partial charge in [-0.15, -0.1) is 0 Å². The van der Waals surface area contributed by atoms with Gasteiger partial charge in [-0.2, -0.15) is 0 Å². The van der Waals surface area contributed by atoms with Crippen molar-refractivity contribution in [2.45, 2.75) is 18.9 Å². The molecule has 0 aliphatic heterocycles. The van der Waals surface area contributed by atoms with Crippen LogP contribution in [-0.4, -0.2) is 18.1 Å². The number of nitrogens with zero attached hydrogens (tertiary/aromatic N) is 1. The third-order valence-corrected chi connectivity index (χ3v) is 3.04. The smallest absolute Gasteiger partial charge is 0.126 e. The standard InChI is InChI=1S/C15H16F2N2/c1-18-15(8-11-2-4-19-5-3-11)9-12-6-13(16)10-14(17)7-12/h2-7,10,15,18H,8-9H2,1H3. The van der Waals surface area contributed by atoms with Crippen LogP contribution in [0.15, 0.2) is 42.7 Å². The van der Waals surface area contributed by atoms with E-state index in [0.29, 0.717) is 12.0 Å². The van der Waals surface area contributed by atoms with Gasteiger partial charge in [-0.05, 0) is 55.3 Å². The first-order valence-electron chi connectivity index (χ1n) is 6.18. The van der Waals surface area contributed by atoms with Crippen LogP contribution in [0.2, 0.25) is 0 Å². The number of likely N-dealkylation sites (N-methyl/N-ethyl adjacent to an activating group) is 1. The molecule has 0 amide bonds. The van der Waals surface area contributed by atoms with Crippen LogP contribution in [0.5, 0.6) is 0 Å². The van der Waals surface area contributed by atoms with Crippen molar-refractivity contribution in [1.82, 2.24) is 10.3 Å². The summed E-state index contributed by atoms with van der Waals surface area (Å²) in [4.78, 5) is 3.97. The first-order chi connectivity index (χ1) is 9.17. The van der Waals surface area contributed by atoms with Crippen molar-refractivity contribution in [3.63, 3.8) is 0 Å². The molecule has 2 nitrogen and oxygen atoms in total. The molecule has 0 bridgehead atoms. The zero-order chi connectivity index (χ0) is 13.7. The highest BCUT2D eigenvalue weighted by Gasteiger charge is 2.10. The highest BCUT2D eigenvalue weighted by atomic mass is 19.1. The molecule has 2 aromatic rings. The Morgan fingerprint density at radius 3 is 2.16 bits per heavy atom. The normalized spacial score (nSPS) is 12.4. The van der Waals surface area contributed by atoms with E-state index >= 15 is 0 Å². The molecule has 2 rings (SSSR count). The topological polar surface area (TPSA) is 24.9 Å². The zero-order valence-electron chi connectivity index (χ0n) is 10.7. The summed E-state index contributed by atoms with van der Waals surface area (Å²) in [6.45, 7) is 0. The lowest BCUT2D eigenvalue weighted by Gasteiger charge is -2.16. The Kier molecular flexibility index (Phi) is 4.58. The maximum absolute atomic E-state index is 13.1. The van der Waals surface area contributed by atoms with Crippen LogP contribution in [0.25, 0.3) is 0 Å². The van der Waals surface area contributed by atoms with Crippen LogP contribution in [0.3, 0.4) is 0 Å². The highest BCUT2D eigenvalue weighted by Crippen LogP contribution is 2.12. The molecule has 1 atom stereocenters. The number of nitrogens with one attached hydrogen (secondary N) is 1. The summed E-state index contributed by atoms with van der Waals surface area (Å²) in [5.41, 5.74) is 1.80. The fraction of sp³-hybridized carbons (Fsp3) is 0.267. The molecule has 1 N–H and O–H groups in total. The van der Waals surface area contributed by atoms with Gasteiger partial charge in [0.2, 0.25) is 0 Å². The Morgan fingerprint density at radius 1 is 1.00 bits per heavy atom. The van der Waals surface area contributed by atoms with Crippen molar-refractivity contribution in [1.29, 1.82) is 0 Å². The van der Waals surface area contributed by atoms with Crippen LogP contribution in [0, 0.1) is 11.6 Å². The van der Waals surface area contributed by atoms with Crippen molar-refractivity contribution in [3.05, 3.63) is 65.5 Å². The van der Waals surface area contributed by atoms with E-state index in [2.05, 4.69) is 10.3 Å².